The molecule has 29 heavy (non-hydrogen) atoms. The lowest BCUT2D eigenvalue weighted by molar-refractivity contribution is 0.0695. The van der Waals surface area contributed by atoms with E-state index in [0.717, 1.165) is 16.7 Å². The zero-order valence-corrected chi connectivity index (χ0v) is 18.1. The fourth-order valence-corrected chi connectivity index (χ4v) is 4.13. The van der Waals surface area contributed by atoms with Gasteiger partial charge in [0.15, 0.2) is 0 Å². The van der Waals surface area contributed by atoms with Crippen LogP contribution >= 0.6 is 23.2 Å². The Labute approximate surface area is 179 Å². The monoisotopic (exact) mass is 429 g/mol. The van der Waals surface area contributed by atoms with Crippen LogP contribution in [0.15, 0.2) is 41.2 Å². The van der Waals surface area contributed by atoms with E-state index in [0.29, 0.717) is 39.1 Å². The summed E-state index contributed by atoms with van der Waals surface area (Å²) in [5.74, 6) is -1.27. The molecular formula is C23H21Cl2NO3. The van der Waals surface area contributed by atoms with E-state index < -0.39 is 11.4 Å². The number of pyridine rings is 1. The predicted octanol–water partition coefficient (Wildman–Crippen LogP) is 6.13. The Morgan fingerprint density at radius 3 is 2.10 bits per heavy atom. The van der Waals surface area contributed by atoms with Gasteiger partial charge in [-0.3, -0.25) is 4.79 Å². The molecule has 1 aromatic heterocycles. The first-order valence-corrected chi connectivity index (χ1v) is 9.96. The topological polar surface area (TPSA) is 59.3 Å². The van der Waals surface area contributed by atoms with Crippen LogP contribution in [-0.4, -0.2) is 15.6 Å². The largest absolute Gasteiger partial charge is 0.477 e. The van der Waals surface area contributed by atoms with E-state index in [1.165, 1.54) is 0 Å². The van der Waals surface area contributed by atoms with Crippen molar-refractivity contribution >= 4 is 29.2 Å². The second kappa shape index (κ2) is 8.05. The van der Waals surface area contributed by atoms with Crippen molar-refractivity contribution in [3.63, 3.8) is 0 Å². The summed E-state index contributed by atoms with van der Waals surface area (Å²) >= 11 is 12.2. The Balaban J connectivity index is 2.47. The van der Waals surface area contributed by atoms with Crippen molar-refractivity contribution in [2.24, 2.45) is 0 Å². The van der Waals surface area contributed by atoms with Crippen molar-refractivity contribution in [3.05, 3.63) is 79.1 Å². The van der Waals surface area contributed by atoms with Crippen LogP contribution in [0.25, 0.3) is 22.4 Å². The molecule has 1 heterocycles. The number of nitrogens with zero attached hydrogens (tertiary/aromatic N) is 1. The number of aryl methyl sites for hydroxylation is 2. The fraction of sp³-hybridized carbons (Fsp3) is 0.217. The Kier molecular flexibility index (Phi) is 5.87. The smallest absolute Gasteiger partial charge is 0.341 e. The number of hydrogen-bond donors (Lipinski definition) is 1. The third kappa shape index (κ3) is 3.83. The first-order valence-electron chi connectivity index (χ1n) is 9.20. The second-order valence-electron chi connectivity index (χ2n) is 7.07. The zero-order chi connectivity index (χ0) is 21.5. The number of carbonyl (C=O) groups is 1. The molecule has 0 aliphatic carbocycles. The normalized spacial score (nSPS) is 11.0. The average Bonchev–Trinajstić information content (AvgIpc) is 2.62. The summed E-state index contributed by atoms with van der Waals surface area (Å²) < 4.78 is 1.84. The second-order valence-corrected chi connectivity index (χ2v) is 7.88. The Morgan fingerprint density at radius 1 is 0.966 bits per heavy atom. The molecule has 150 valence electrons. The molecule has 0 unspecified atom stereocenters. The molecule has 0 amide bonds. The van der Waals surface area contributed by atoms with Gasteiger partial charge in [0.25, 0.3) is 0 Å². The van der Waals surface area contributed by atoms with E-state index in [2.05, 4.69) is 0 Å². The lowest BCUT2D eigenvalue weighted by atomic mass is 9.94. The van der Waals surface area contributed by atoms with Crippen LogP contribution in [0, 0.1) is 20.8 Å². The van der Waals surface area contributed by atoms with Crippen molar-refractivity contribution in [3.8, 4) is 22.4 Å². The minimum Gasteiger partial charge on any atom is -0.477 e. The van der Waals surface area contributed by atoms with Gasteiger partial charge >= 0.3 is 5.97 Å². The van der Waals surface area contributed by atoms with Gasteiger partial charge in [-0.15, -0.1) is 0 Å². The number of halogens is 2. The quantitative estimate of drug-likeness (QED) is 0.542. The Bertz CT molecular complexity index is 1180. The average molecular weight is 430 g/mol. The molecule has 3 aromatic rings. The summed E-state index contributed by atoms with van der Waals surface area (Å²) in [6.45, 7) is 8.14. The van der Waals surface area contributed by atoms with Crippen LogP contribution in [0.2, 0.25) is 10.0 Å². The van der Waals surface area contributed by atoms with Crippen LogP contribution in [0.3, 0.4) is 0 Å². The van der Waals surface area contributed by atoms with E-state index >= 15 is 0 Å². The van der Waals surface area contributed by atoms with Crippen LogP contribution in [0.5, 0.6) is 0 Å². The molecule has 6 heteroatoms. The molecule has 0 aliphatic heterocycles. The molecule has 4 nitrogen and oxygen atoms in total. The van der Waals surface area contributed by atoms with Gasteiger partial charge < -0.3 is 9.67 Å². The lowest BCUT2D eigenvalue weighted by Crippen LogP contribution is -2.25. The van der Waals surface area contributed by atoms with E-state index in [1.54, 1.807) is 18.2 Å². The molecule has 2 aromatic carbocycles. The molecular weight excluding hydrogens is 409 g/mol. The van der Waals surface area contributed by atoms with E-state index in [9.17, 15) is 14.7 Å². The summed E-state index contributed by atoms with van der Waals surface area (Å²) in [4.78, 5) is 25.6. The molecule has 0 bridgehead atoms. The highest BCUT2D eigenvalue weighted by Crippen LogP contribution is 2.33. The minimum absolute atomic E-state index is 0.273. The maximum Gasteiger partial charge on any atom is 0.341 e. The highest BCUT2D eigenvalue weighted by molar-refractivity contribution is 6.42. The maximum atomic E-state index is 13.4. The number of carboxylic acids is 1. The molecule has 0 atom stereocenters. The van der Waals surface area contributed by atoms with Gasteiger partial charge in [0.1, 0.15) is 5.56 Å². The lowest BCUT2D eigenvalue weighted by Gasteiger charge is -2.21. The first-order chi connectivity index (χ1) is 13.6. The van der Waals surface area contributed by atoms with Gasteiger partial charge in [-0.25, -0.2) is 4.79 Å². The van der Waals surface area contributed by atoms with Crippen LogP contribution in [-0.2, 0) is 6.54 Å². The van der Waals surface area contributed by atoms with Crippen molar-refractivity contribution in [2.75, 3.05) is 0 Å². The maximum absolute atomic E-state index is 13.4. The van der Waals surface area contributed by atoms with Gasteiger partial charge in [0, 0.05) is 23.4 Å². The Hall–Kier alpha value is -2.56. The van der Waals surface area contributed by atoms with Gasteiger partial charge in [-0.2, -0.15) is 0 Å². The third-order valence-corrected chi connectivity index (χ3v) is 5.70. The van der Waals surface area contributed by atoms with Crippen molar-refractivity contribution in [2.45, 2.75) is 34.2 Å². The number of aromatic nitrogens is 1. The Morgan fingerprint density at radius 2 is 1.59 bits per heavy atom. The molecule has 1 N–H and O–H groups in total. The fourth-order valence-electron chi connectivity index (χ4n) is 3.83. The third-order valence-electron chi connectivity index (χ3n) is 4.96. The van der Waals surface area contributed by atoms with Crippen molar-refractivity contribution in [1.29, 1.82) is 0 Å². The molecule has 0 aliphatic rings. The summed E-state index contributed by atoms with van der Waals surface area (Å²) in [5.41, 5.74) is 3.92. The first kappa shape index (κ1) is 21.2. The van der Waals surface area contributed by atoms with E-state index in [1.807, 2.05) is 50.5 Å². The standard InChI is InChI=1S/C23H21Cl2NO3/c1-5-26-14(4)19(16-9-12(2)8-13(3)10-16)22(27)20(23(28)29)21(26)15-6-7-17(24)18(25)11-15/h6-11H,5H2,1-4H3,(H,28,29). The van der Waals surface area contributed by atoms with E-state index in [-0.39, 0.29) is 5.56 Å². The minimum atomic E-state index is -1.27. The van der Waals surface area contributed by atoms with Gasteiger partial charge in [-0.05, 0) is 45.4 Å². The number of hydrogen-bond acceptors (Lipinski definition) is 2. The summed E-state index contributed by atoms with van der Waals surface area (Å²) in [7, 11) is 0. The molecule has 0 radical (unpaired) electrons. The number of benzene rings is 2. The highest BCUT2D eigenvalue weighted by Gasteiger charge is 2.26. The highest BCUT2D eigenvalue weighted by atomic mass is 35.5. The molecule has 0 saturated carbocycles. The number of carboxylic acid groups (broad SMARTS) is 1. The summed E-state index contributed by atoms with van der Waals surface area (Å²) in [6, 6.07) is 10.7. The SMILES string of the molecule is CCn1c(C)c(-c2cc(C)cc(C)c2)c(=O)c(C(=O)O)c1-c1ccc(Cl)c(Cl)c1. The summed E-state index contributed by atoms with van der Waals surface area (Å²) in [5, 5.41) is 10.6. The van der Waals surface area contributed by atoms with Gasteiger partial charge in [-0.1, -0.05) is 58.6 Å². The van der Waals surface area contributed by atoms with E-state index in [4.69, 9.17) is 23.2 Å². The van der Waals surface area contributed by atoms with Crippen LogP contribution < -0.4 is 5.43 Å². The van der Waals surface area contributed by atoms with Crippen LogP contribution in [0.1, 0.15) is 34.1 Å². The van der Waals surface area contributed by atoms with Crippen molar-refractivity contribution in [1.82, 2.24) is 4.57 Å². The predicted molar refractivity (Wildman–Crippen MR) is 118 cm³/mol. The molecule has 0 spiro atoms. The number of rotatable bonds is 4. The van der Waals surface area contributed by atoms with Gasteiger partial charge in [0.2, 0.25) is 5.43 Å². The summed E-state index contributed by atoms with van der Waals surface area (Å²) in [6.07, 6.45) is 0. The van der Waals surface area contributed by atoms with Gasteiger partial charge in [0.05, 0.1) is 15.7 Å². The molecule has 3 rings (SSSR count). The zero-order valence-electron chi connectivity index (χ0n) is 16.6. The molecule has 0 saturated heterocycles. The molecule has 0 fully saturated rings. The van der Waals surface area contributed by atoms with Crippen LogP contribution in [0.4, 0.5) is 0 Å². The van der Waals surface area contributed by atoms with Crippen molar-refractivity contribution < 1.29 is 9.90 Å². The number of aromatic carboxylic acids is 1.